The van der Waals surface area contributed by atoms with Crippen molar-refractivity contribution in [2.75, 3.05) is 0 Å². The molecule has 2 heterocycles. The highest BCUT2D eigenvalue weighted by atomic mass is 15.0. The fraction of sp³-hybridized carbons (Fsp3) is 0. The lowest BCUT2D eigenvalue weighted by Crippen LogP contribution is -1.96. The first-order valence-electron chi connectivity index (χ1n) is 16.3. The van der Waals surface area contributed by atoms with Crippen molar-refractivity contribution in [1.29, 1.82) is 5.26 Å². The largest absolute Gasteiger partial charge is 0.309 e. The molecular formula is C45H27N3. The third-order valence-corrected chi connectivity index (χ3v) is 9.92. The maximum absolute atomic E-state index is 9.90. The summed E-state index contributed by atoms with van der Waals surface area (Å²) >= 11 is 0. The Morgan fingerprint density at radius 2 is 1.04 bits per heavy atom. The van der Waals surface area contributed by atoms with E-state index in [0.29, 0.717) is 5.56 Å². The minimum absolute atomic E-state index is 0.703. The Morgan fingerprint density at radius 1 is 0.396 bits per heavy atom. The van der Waals surface area contributed by atoms with Crippen LogP contribution >= 0.6 is 0 Å². The first-order valence-corrected chi connectivity index (χ1v) is 16.3. The average molecular weight is 610 g/mol. The molecule has 10 rings (SSSR count). The predicted octanol–water partition coefficient (Wildman–Crippen LogP) is 11.7. The third kappa shape index (κ3) is 3.75. The molecule has 0 radical (unpaired) electrons. The summed E-state index contributed by atoms with van der Waals surface area (Å²) in [6.45, 7) is 0. The number of hydrogen-bond acceptors (Lipinski definition) is 1. The minimum Gasteiger partial charge on any atom is -0.309 e. The van der Waals surface area contributed by atoms with Crippen LogP contribution in [-0.2, 0) is 0 Å². The molecule has 0 atom stereocenters. The van der Waals surface area contributed by atoms with Crippen LogP contribution in [0.25, 0.3) is 87.7 Å². The highest BCUT2D eigenvalue weighted by molar-refractivity contribution is 6.16. The molecule has 2 aromatic heterocycles. The standard InChI is InChI=1S/C45H27N3/c46-28-31-25-29-21-23-33(27-40(29)36-14-5-4-13-34(31)36)48-43-20-9-6-15-37(43)39-18-10-17-35(45(39)48)30-22-24-44-41(26-30)38-16-7-8-19-42(38)47(44)32-11-2-1-3-12-32/h1-27H. The van der Waals surface area contributed by atoms with Crippen molar-refractivity contribution in [2.45, 2.75) is 0 Å². The van der Waals surface area contributed by atoms with Gasteiger partial charge in [0.25, 0.3) is 0 Å². The Balaban J connectivity index is 1.27. The van der Waals surface area contributed by atoms with E-state index in [1.54, 1.807) is 0 Å². The van der Waals surface area contributed by atoms with Crippen molar-refractivity contribution in [3.63, 3.8) is 0 Å². The zero-order chi connectivity index (χ0) is 31.8. The van der Waals surface area contributed by atoms with Gasteiger partial charge in [-0.1, -0.05) is 109 Å². The van der Waals surface area contributed by atoms with Gasteiger partial charge in [0.15, 0.2) is 0 Å². The molecule has 0 saturated heterocycles. The lowest BCUT2D eigenvalue weighted by atomic mass is 9.97. The molecule has 0 unspecified atom stereocenters. The van der Waals surface area contributed by atoms with Crippen molar-refractivity contribution in [3.05, 3.63) is 169 Å². The van der Waals surface area contributed by atoms with E-state index >= 15 is 0 Å². The highest BCUT2D eigenvalue weighted by Gasteiger charge is 2.19. The monoisotopic (exact) mass is 609 g/mol. The van der Waals surface area contributed by atoms with Gasteiger partial charge in [0.1, 0.15) is 0 Å². The number of nitriles is 1. The van der Waals surface area contributed by atoms with E-state index in [1.165, 1.54) is 54.7 Å². The molecule has 0 spiro atoms. The molecule has 0 saturated carbocycles. The fourth-order valence-electron chi connectivity index (χ4n) is 7.84. The maximum atomic E-state index is 9.90. The van der Waals surface area contributed by atoms with Crippen molar-refractivity contribution < 1.29 is 0 Å². The smallest absolute Gasteiger partial charge is 0.0998 e. The second kappa shape index (κ2) is 10.2. The van der Waals surface area contributed by atoms with Gasteiger partial charge >= 0.3 is 0 Å². The Labute approximate surface area is 276 Å². The lowest BCUT2D eigenvalue weighted by Gasteiger charge is -2.14. The van der Waals surface area contributed by atoms with Crippen LogP contribution in [-0.4, -0.2) is 9.13 Å². The molecule has 0 N–H and O–H groups in total. The van der Waals surface area contributed by atoms with E-state index < -0.39 is 0 Å². The zero-order valence-electron chi connectivity index (χ0n) is 25.9. The van der Waals surface area contributed by atoms with E-state index in [9.17, 15) is 5.26 Å². The van der Waals surface area contributed by atoms with Crippen LogP contribution in [0.3, 0.4) is 0 Å². The number of benzene rings is 8. The van der Waals surface area contributed by atoms with Gasteiger partial charge in [-0.05, 0) is 76.3 Å². The fourth-order valence-corrected chi connectivity index (χ4v) is 7.84. The van der Waals surface area contributed by atoms with Crippen LogP contribution in [0.15, 0.2) is 164 Å². The summed E-state index contributed by atoms with van der Waals surface area (Å²) in [4.78, 5) is 0. The van der Waals surface area contributed by atoms with Crippen molar-refractivity contribution in [1.82, 2.24) is 9.13 Å². The zero-order valence-corrected chi connectivity index (χ0v) is 25.9. The molecule has 222 valence electrons. The topological polar surface area (TPSA) is 33.6 Å². The van der Waals surface area contributed by atoms with Crippen molar-refractivity contribution in [3.8, 4) is 28.6 Å². The number of fused-ring (bicyclic) bond motifs is 9. The Kier molecular flexibility index (Phi) is 5.64. The first-order chi connectivity index (χ1) is 23.8. The number of aromatic nitrogens is 2. The summed E-state index contributed by atoms with van der Waals surface area (Å²) in [5.41, 5.74) is 10.1. The second-order valence-corrected chi connectivity index (χ2v) is 12.5. The Bertz CT molecular complexity index is 2950. The average Bonchev–Trinajstić information content (AvgIpc) is 3.67. The first kappa shape index (κ1) is 26.6. The van der Waals surface area contributed by atoms with Crippen LogP contribution in [0.4, 0.5) is 0 Å². The Morgan fingerprint density at radius 3 is 1.83 bits per heavy atom. The molecule has 0 aliphatic heterocycles. The normalized spacial score (nSPS) is 11.7. The second-order valence-electron chi connectivity index (χ2n) is 12.5. The number of nitrogens with zero attached hydrogens (tertiary/aromatic N) is 3. The number of rotatable bonds is 3. The lowest BCUT2D eigenvalue weighted by molar-refractivity contribution is 1.18. The minimum atomic E-state index is 0.703. The van der Waals surface area contributed by atoms with E-state index in [0.717, 1.165) is 32.9 Å². The summed E-state index contributed by atoms with van der Waals surface area (Å²) in [7, 11) is 0. The van der Waals surface area contributed by atoms with E-state index in [2.05, 4.69) is 161 Å². The van der Waals surface area contributed by atoms with Crippen LogP contribution in [0, 0.1) is 11.3 Å². The van der Waals surface area contributed by atoms with E-state index in [1.807, 2.05) is 18.2 Å². The van der Waals surface area contributed by atoms with Gasteiger partial charge in [0, 0.05) is 43.9 Å². The van der Waals surface area contributed by atoms with Crippen molar-refractivity contribution in [2.24, 2.45) is 0 Å². The Hall–Kier alpha value is -6.63. The van der Waals surface area contributed by atoms with Crippen LogP contribution < -0.4 is 0 Å². The molecule has 8 aromatic carbocycles. The van der Waals surface area contributed by atoms with Crippen LogP contribution in [0.2, 0.25) is 0 Å². The van der Waals surface area contributed by atoms with Gasteiger partial charge < -0.3 is 9.13 Å². The van der Waals surface area contributed by atoms with E-state index in [4.69, 9.17) is 0 Å². The molecule has 0 aliphatic rings. The summed E-state index contributed by atoms with van der Waals surface area (Å²) < 4.78 is 4.78. The molecule has 3 nitrogen and oxygen atoms in total. The molecule has 3 heteroatoms. The summed E-state index contributed by atoms with van der Waals surface area (Å²) in [5.74, 6) is 0. The predicted molar refractivity (Wildman–Crippen MR) is 200 cm³/mol. The summed E-state index contributed by atoms with van der Waals surface area (Å²) in [5, 5.41) is 19.1. The van der Waals surface area contributed by atoms with Gasteiger partial charge in [0.2, 0.25) is 0 Å². The van der Waals surface area contributed by atoms with Gasteiger partial charge in [-0.2, -0.15) is 5.26 Å². The summed E-state index contributed by atoms with van der Waals surface area (Å²) in [6.07, 6.45) is 0. The number of hydrogen-bond donors (Lipinski definition) is 0. The quantitative estimate of drug-likeness (QED) is 0.183. The number of para-hydroxylation sites is 4. The van der Waals surface area contributed by atoms with Gasteiger partial charge in [-0.15, -0.1) is 0 Å². The van der Waals surface area contributed by atoms with Crippen LogP contribution in [0.5, 0.6) is 0 Å². The highest BCUT2D eigenvalue weighted by Crippen LogP contribution is 2.41. The molecular weight excluding hydrogens is 583 g/mol. The van der Waals surface area contributed by atoms with Crippen molar-refractivity contribution >= 4 is 65.2 Å². The molecule has 10 aromatic rings. The molecule has 48 heavy (non-hydrogen) atoms. The SMILES string of the molecule is N#Cc1cc2ccc(-n3c4ccccc4c4cccc(-c5ccc6c(c5)c5ccccc5n6-c5ccccc5)c43)cc2c2ccccc12. The van der Waals surface area contributed by atoms with E-state index in [-0.39, 0.29) is 0 Å². The molecule has 0 amide bonds. The molecule has 0 aliphatic carbocycles. The summed E-state index contributed by atoms with van der Waals surface area (Å²) in [6, 6.07) is 60.9. The van der Waals surface area contributed by atoms with Gasteiger partial charge in [-0.25, -0.2) is 0 Å². The van der Waals surface area contributed by atoms with Crippen LogP contribution in [0.1, 0.15) is 5.56 Å². The molecule has 0 bridgehead atoms. The van der Waals surface area contributed by atoms with Gasteiger partial charge in [-0.3, -0.25) is 0 Å². The van der Waals surface area contributed by atoms with Gasteiger partial charge in [0.05, 0.1) is 33.7 Å². The maximum Gasteiger partial charge on any atom is 0.0998 e. The third-order valence-electron chi connectivity index (χ3n) is 9.92. The molecule has 0 fully saturated rings.